The van der Waals surface area contributed by atoms with Gasteiger partial charge in [-0.05, 0) is 68.7 Å². The van der Waals surface area contributed by atoms with Crippen molar-refractivity contribution >= 4 is 33.1 Å². The molecule has 2 aromatic rings. The predicted molar refractivity (Wildman–Crippen MR) is 125 cm³/mol. The summed E-state index contributed by atoms with van der Waals surface area (Å²) in [5, 5.41) is -0.422. The molecular weight excluding hydrogens is 483 g/mol. The van der Waals surface area contributed by atoms with Crippen molar-refractivity contribution in [2.45, 2.75) is 57.4 Å². The number of sulfone groups is 1. The minimum atomic E-state index is -4.53. The topological polar surface area (TPSA) is 88.6 Å². The maximum atomic E-state index is 12.8. The quantitative estimate of drug-likeness (QED) is 0.332. The number of Topliss-reactive ketones (excluding diaryl/α,β-unsaturated/α-hetero) is 1. The van der Waals surface area contributed by atoms with E-state index in [0.29, 0.717) is 24.8 Å². The number of carbonyl (C=O) groups excluding carboxylic acids is 3. The van der Waals surface area contributed by atoms with E-state index in [9.17, 15) is 36.0 Å². The van der Waals surface area contributed by atoms with E-state index in [1.807, 2.05) is 0 Å². The fourth-order valence-electron chi connectivity index (χ4n) is 3.79. The Morgan fingerprint density at radius 1 is 0.914 bits per heavy atom. The van der Waals surface area contributed by atoms with Crippen molar-refractivity contribution in [1.82, 2.24) is 0 Å². The van der Waals surface area contributed by atoms with Crippen LogP contribution in [0.1, 0.15) is 71.4 Å². The molecule has 1 aliphatic heterocycles. The van der Waals surface area contributed by atoms with Gasteiger partial charge in [-0.1, -0.05) is 12.5 Å². The number of unbranched alkanes of at least 4 members (excludes halogenated alkanes) is 2. The number of ketones is 1. The number of amides is 2. The first kappa shape index (κ1) is 26.6. The lowest BCUT2D eigenvalue weighted by molar-refractivity contribution is -0.137. The van der Waals surface area contributed by atoms with Crippen LogP contribution in [0, 0.1) is 0 Å². The molecule has 1 heterocycles. The summed E-state index contributed by atoms with van der Waals surface area (Å²) in [4.78, 5) is 38.7. The summed E-state index contributed by atoms with van der Waals surface area (Å²) in [6.07, 6.45) is -2.56. The zero-order valence-corrected chi connectivity index (χ0v) is 20.2. The third kappa shape index (κ3) is 6.17. The number of carbonyl (C=O) groups is 3. The highest BCUT2D eigenvalue weighted by molar-refractivity contribution is 7.91. The Balaban J connectivity index is 1.60. The molecule has 0 atom stereocenters. The SMILES string of the molecule is CC(C)S(=O)(=O)CCCCCC(=O)Cc1ccc2c(c1)C(=O)N(c1ccc(C(F)(F)F)cc1)C2=O. The summed E-state index contributed by atoms with van der Waals surface area (Å²) >= 11 is 0. The van der Waals surface area contributed by atoms with Gasteiger partial charge in [-0.3, -0.25) is 14.4 Å². The van der Waals surface area contributed by atoms with Crippen molar-refractivity contribution in [2.24, 2.45) is 0 Å². The molecule has 0 aromatic heterocycles. The number of benzene rings is 2. The fraction of sp³-hybridized carbons (Fsp3) is 0.400. The number of hydrogen-bond donors (Lipinski definition) is 0. The van der Waals surface area contributed by atoms with Crippen LogP contribution in [0.25, 0.3) is 0 Å². The van der Waals surface area contributed by atoms with Crippen LogP contribution in [0.4, 0.5) is 18.9 Å². The predicted octanol–water partition coefficient (Wildman–Crippen LogP) is 5.00. The summed E-state index contributed by atoms with van der Waals surface area (Å²) in [5.74, 6) is -1.28. The number of halogens is 3. The van der Waals surface area contributed by atoms with Gasteiger partial charge in [-0.2, -0.15) is 13.2 Å². The zero-order valence-electron chi connectivity index (χ0n) is 19.4. The number of rotatable bonds is 10. The first-order valence-corrected chi connectivity index (χ1v) is 12.9. The van der Waals surface area contributed by atoms with Crippen LogP contribution in [0.15, 0.2) is 42.5 Å². The monoisotopic (exact) mass is 509 g/mol. The average Bonchev–Trinajstić information content (AvgIpc) is 3.02. The molecule has 35 heavy (non-hydrogen) atoms. The van der Waals surface area contributed by atoms with Gasteiger partial charge in [0.1, 0.15) is 5.78 Å². The van der Waals surface area contributed by atoms with E-state index in [1.165, 1.54) is 12.1 Å². The van der Waals surface area contributed by atoms with Gasteiger partial charge in [0.25, 0.3) is 11.8 Å². The summed E-state index contributed by atoms with van der Waals surface area (Å²) in [5.41, 5.74) is -0.0929. The van der Waals surface area contributed by atoms with Gasteiger partial charge in [0.2, 0.25) is 0 Å². The smallest absolute Gasteiger partial charge is 0.299 e. The highest BCUT2D eigenvalue weighted by Crippen LogP contribution is 2.33. The largest absolute Gasteiger partial charge is 0.416 e. The third-order valence-electron chi connectivity index (χ3n) is 5.91. The molecule has 0 spiro atoms. The van der Waals surface area contributed by atoms with Gasteiger partial charge < -0.3 is 0 Å². The summed E-state index contributed by atoms with van der Waals surface area (Å²) in [7, 11) is -3.09. The van der Waals surface area contributed by atoms with Crippen molar-refractivity contribution in [3.8, 4) is 0 Å². The van der Waals surface area contributed by atoms with Gasteiger partial charge in [0, 0.05) is 12.8 Å². The van der Waals surface area contributed by atoms with Crippen molar-refractivity contribution in [3.63, 3.8) is 0 Å². The number of nitrogens with zero attached hydrogens (tertiary/aromatic N) is 1. The van der Waals surface area contributed by atoms with Crippen LogP contribution in [-0.4, -0.2) is 37.0 Å². The number of anilines is 1. The van der Waals surface area contributed by atoms with Crippen LogP contribution < -0.4 is 4.90 Å². The van der Waals surface area contributed by atoms with E-state index in [1.54, 1.807) is 19.9 Å². The third-order valence-corrected chi connectivity index (χ3v) is 8.20. The van der Waals surface area contributed by atoms with Gasteiger partial charge in [-0.15, -0.1) is 0 Å². The molecule has 6 nitrogen and oxygen atoms in total. The molecule has 0 N–H and O–H groups in total. The maximum absolute atomic E-state index is 12.8. The lowest BCUT2D eigenvalue weighted by Gasteiger charge is -2.15. The summed E-state index contributed by atoms with van der Waals surface area (Å²) in [6.45, 7) is 3.27. The molecule has 1 aliphatic rings. The minimum absolute atomic E-state index is 0.0290. The van der Waals surface area contributed by atoms with E-state index >= 15 is 0 Å². The number of fused-ring (bicyclic) bond motifs is 1. The van der Waals surface area contributed by atoms with Gasteiger partial charge in [0.05, 0.1) is 33.4 Å². The van der Waals surface area contributed by atoms with Crippen LogP contribution in [0.3, 0.4) is 0 Å². The second kappa shape index (κ2) is 10.3. The molecule has 0 bridgehead atoms. The first-order valence-electron chi connectivity index (χ1n) is 11.2. The summed E-state index contributed by atoms with van der Waals surface area (Å²) in [6, 6.07) is 8.24. The van der Waals surface area contributed by atoms with Gasteiger partial charge >= 0.3 is 6.18 Å². The van der Waals surface area contributed by atoms with E-state index in [4.69, 9.17) is 0 Å². The second-order valence-electron chi connectivity index (χ2n) is 8.81. The van der Waals surface area contributed by atoms with Gasteiger partial charge in [-0.25, -0.2) is 13.3 Å². The molecule has 0 aliphatic carbocycles. The van der Waals surface area contributed by atoms with E-state index in [2.05, 4.69) is 0 Å². The van der Waals surface area contributed by atoms with Crippen molar-refractivity contribution in [1.29, 1.82) is 0 Å². The minimum Gasteiger partial charge on any atom is -0.299 e. The Morgan fingerprint density at radius 3 is 2.14 bits per heavy atom. The van der Waals surface area contributed by atoms with E-state index in [-0.39, 0.29) is 41.2 Å². The molecule has 10 heteroatoms. The Bertz CT molecular complexity index is 1230. The molecular formula is C25H26F3NO5S. The molecule has 0 radical (unpaired) electrons. The number of hydrogen-bond acceptors (Lipinski definition) is 5. The molecule has 3 rings (SSSR count). The normalized spacial score (nSPS) is 14.1. The molecule has 2 aromatic carbocycles. The summed E-state index contributed by atoms with van der Waals surface area (Å²) < 4.78 is 62.0. The molecule has 0 saturated heterocycles. The molecule has 2 amide bonds. The van der Waals surface area contributed by atoms with E-state index in [0.717, 1.165) is 29.2 Å². The van der Waals surface area contributed by atoms with Crippen LogP contribution in [0.2, 0.25) is 0 Å². The van der Waals surface area contributed by atoms with Crippen molar-refractivity contribution in [3.05, 3.63) is 64.7 Å². The Hall–Kier alpha value is -3.01. The van der Waals surface area contributed by atoms with E-state index < -0.39 is 38.6 Å². The fourth-order valence-corrected chi connectivity index (χ4v) is 4.86. The molecule has 0 saturated carbocycles. The maximum Gasteiger partial charge on any atom is 0.416 e. The average molecular weight is 510 g/mol. The lowest BCUT2D eigenvalue weighted by atomic mass is 10.00. The second-order valence-corrected chi connectivity index (χ2v) is 11.5. The van der Waals surface area contributed by atoms with Crippen molar-refractivity contribution < 1.29 is 36.0 Å². The Kier molecular flexibility index (Phi) is 7.83. The Labute approximate surface area is 202 Å². The highest BCUT2D eigenvalue weighted by Gasteiger charge is 2.37. The van der Waals surface area contributed by atoms with Crippen LogP contribution in [0.5, 0.6) is 0 Å². The highest BCUT2D eigenvalue weighted by atomic mass is 32.2. The molecule has 188 valence electrons. The van der Waals surface area contributed by atoms with Gasteiger partial charge in [0.15, 0.2) is 9.84 Å². The Morgan fingerprint density at radius 2 is 1.54 bits per heavy atom. The molecule has 0 fully saturated rings. The van der Waals surface area contributed by atoms with Crippen LogP contribution >= 0.6 is 0 Å². The first-order chi connectivity index (χ1) is 16.3. The number of alkyl halides is 3. The standard InChI is InChI=1S/C25H26F3NO5S/c1-16(2)35(33,34)13-5-3-4-6-20(30)14-17-7-12-21-22(15-17)24(32)29(23(21)31)19-10-8-18(9-11-19)25(26,27)28/h7-12,15-16H,3-6,13-14H2,1-2H3. The lowest BCUT2D eigenvalue weighted by Crippen LogP contribution is -2.29. The number of imide groups is 1. The van der Waals surface area contributed by atoms with Crippen LogP contribution in [-0.2, 0) is 27.2 Å². The molecule has 0 unspecified atom stereocenters. The zero-order chi connectivity index (χ0) is 26.0. The van der Waals surface area contributed by atoms with Crippen molar-refractivity contribution in [2.75, 3.05) is 10.7 Å².